The lowest BCUT2D eigenvalue weighted by molar-refractivity contribution is 0.101. The lowest BCUT2D eigenvalue weighted by atomic mass is 10.1. The third-order valence-electron chi connectivity index (χ3n) is 13.2. The van der Waals surface area contributed by atoms with E-state index in [1.165, 1.54) is 76.2 Å². The van der Waals surface area contributed by atoms with Gasteiger partial charge in [-0.05, 0) is 147 Å². The molecule has 0 radical (unpaired) electrons. The Morgan fingerprint density at radius 3 is 0.944 bits per heavy atom. The molecule has 0 fully saturated rings. The Labute approximate surface area is 512 Å². The first-order chi connectivity index (χ1) is 41.2. The number of aryl methyl sites for hydroxylation is 4. The summed E-state index contributed by atoms with van der Waals surface area (Å²) in [5.74, 6) is -2.25. The molecule has 90 heavy (non-hydrogen) atoms. The van der Waals surface area contributed by atoms with E-state index in [0.717, 1.165) is 36.4 Å². The number of urea groups is 1. The summed E-state index contributed by atoms with van der Waals surface area (Å²) < 4.78 is 268. The van der Waals surface area contributed by atoms with Gasteiger partial charge in [-0.3, -0.25) is 46.3 Å². The van der Waals surface area contributed by atoms with Gasteiger partial charge in [0.1, 0.15) is 19.6 Å². The van der Waals surface area contributed by atoms with Crippen molar-refractivity contribution >= 4 is 154 Å². The van der Waals surface area contributed by atoms with Crippen molar-refractivity contribution in [1.29, 1.82) is 0 Å². The maximum atomic E-state index is 14.1. The number of carbonyl (C=O) groups excluding carboxylic acids is 3. The Hall–Kier alpha value is -8.55. The Morgan fingerprint density at radius 2 is 0.633 bits per heavy atom. The molecule has 0 spiro atoms. The first kappa shape index (κ1) is 67.4. The fourth-order valence-corrected chi connectivity index (χ4v) is 15.8. The van der Waals surface area contributed by atoms with Crippen molar-refractivity contribution in [2.24, 2.45) is 0 Å². The molecule has 476 valence electrons. The van der Waals surface area contributed by atoms with Gasteiger partial charge in [0.2, 0.25) is 0 Å². The van der Waals surface area contributed by atoms with Crippen LogP contribution in [0.3, 0.4) is 0 Å². The van der Waals surface area contributed by atoms with E-state index < -0.39 is 171 Å². The van der Waals surface area contributed by atoms with Crippen molar-refractivity contribution < 1.29 is 109 Å². The number of rotatable bonds is 18. The van der Waals surface area contributed by atoms with Gasteiger partial charge in [0, 0.05) is 44.0 Å². The third kappa shape index (κ3) is 14.5. The second kappa shape index (κ2) is 23.7. The highest BCUT2D eigenvalue weighted by Crippen LogP contribution is 2.40. The Bertz CT molecular complexity index is 5120. The number of amides is 4. The van der Waals surface area contributed by atoms with Crippen LogP contribution in [0, 0.1) is 27.7 Å². The Kier molecular flexibility index (Phi) is 17.7. The van der Waals surface area contributed by atoms with E-state index in [1.54, 1.807) is 0 Å². The zero-order valence-corrected chi connectivity index (χ0v) is 52.3. The van der Waals surface area contributed by atoms with Crippen LogP contribution in [0.2, 0.25) is 0 Å². The van der Waals surface area contributed by atoms with Crippen molar-refractivity contribution in [1.82, 2.24) is 0 Å². The van der Waals surface area contributed by atoms with Gasteiger partial charge >= 0.3 is 6.03 Å². The first-order valence-corrected chi connectivity index (χ1v) is 36.1. The summed E-state index contributed by atoms with van der Waals surface area (Å²) in [6.07, 6.45) is 0. The van der Waals surface area contributed by atoms with Crippen LogP contribution in [0.4, 0.5) is 38.9 Å². The Balaban J connectivity index is 0.998. The molecule has 0 unspecified atom stereocenters. The molecule has 8 aromatic rings. The van der Waals surface area contributed by atoms with Crippen molar-refractivity contribution in [3.63, 3.8) is 0 Å². The third-order valence-corrected chi connectivity index (χ3v) is 21.4. The van der Waals surface area contributed by atoms with E-state index in [4.69, 9.17) is 0 Å². The number of nitrogens with one attached hydrogen (secondary N) is 6. The van der Waals surface area contributed by atoms with Crippen LogP contribution < -0.4 is 30.7 Å². The van der Waals surface area contributed by atoms with E-state index in [0.29, 0.717) is 24.3 Å². The standard InChI is InChI=1S/C51H44N6O25S8/c1-25-5-9-29(49(58)54-37-13-15-41(87(71,72)73)35-21-33(85(65,66)67)23-45(47(35)37)89(77,78)79)17-39(25)56-83(61,62)43-19-31(11-7-27(43)3)52-51(60)53-32-12-8-28(4)44(20-32)84(63,64)57-40-18-30(10-6-26(40)2)50(59)55-38-14-16-42(88(74,75)76)36-22-34(86(68,69)70)24-46(48(36)38)90(80,81)82/h5-24,56-57H,1-4H3,(H,54,58)(H,55,59)(H2,52,53,60)(H,65,66,67)(H,68,69,70)(H,71,72,73)(H,74,75,76)(H,77,78,79)(H,80,81,82). The van der Waals surface area contributed by atoms with E-state index in [-0.39, 0.29) is 68.3 Å². The van der Waals surface area contributed by atoms with Gasteiger partial charge in [-0.1, -0.05) is 24.3 Å². The fourth-order valence-electron chi connectivity index (χ4n) is 8.91. The molecule has 0 bridgehead atoms. The second-order valence-corrected chi connectivity index (χ2v) is 31.2. The highest BCUT2D eigenvalue weighted by atomic mass is 32.2. The SMILES string of the molecule is Cc1ccc(C(=O)Nc2ccc(S(=O)(=O)O)c3cc(S(=O)(=O)O)cc(S(=O)(=O)O)c23)cc1NS(=O)(=O)c1cc(NC(=O)Nc2ccc(C)c(S(=O)(=O)Nc3cc(C(=O)Nc4ccc(S(=O)(=O)O)c5cc(S(=O)(=O)O)cc(S(=O)(=O)O)c45)ccc3C)c2)ccc1C. The Morgan fingerprint density at radius 1 is 0.311 bits per heavy atom. The van der Waals surface area contributed by atoms with Crippen molar-refractivity contribution in [2.75, 3.05) is 30.7 Å². The predicted molar refractivity (Wildman–Crippen MR) is 322 cm³/mol. The molecule has 0 heterocycles. The van der Waals surface area contributed by atoms with Gasteiger partial charge in [0.05, 0.1) is 42.3 Å². The fraction of sp³-hybridized carbons (Fsp3) is 0.0784. The summed E-state index contributed by atoms with van der Waals surface area (Å²) in [5.41, 5.74) is -1.81. The van der Waals surface area contributed by atoms with Crippen LogP contribution in [-0.2, 0) is 80.8 Å². The zero-order chi connectivity index (χ0) is 67.0. The average molecular weight is 1400 g/mol. The summed E-state index contributed by atoms with van der Waals surface area (Å²) in [7, 11) is -41.5. The molecule has 0 aliphatic heterocycles. The van der Waals surface area contributed by atoms with E-state index in [2.05, 4.69) is 30.7 Å². The molecule has 4 amide bonds. The topological polar surface area (TPSA) is 518 Å². The van der Waals surface area contributed by atoms with Crippen LogP contribution in [0.5, 0.6) is 0 Å². The number of benzene rings is 8. The van der Waals surface area contributed by atoms with Gasteiger partial charge in [0.25, 0.3) is 92.6 Å². The van der Waals surface area contributed by atoms with Crippen LogP contribution in [0.15, 0.2) is 160 Å². The summed E-state index contributed by atoms with van der Waals surface area (Å²) in [6.45, 7) is 5.69. The lowest BCUT2D eigenvalue weighted by Crippen LogP contribution is -2.21. The number of fused-ring (bicyclic) bond motifs is 2. The summed E-state index contributed by atoms with van der Waals surface area (Å²) in [4.78, 5) is 32.9. The molecule has 0 aliphatic rings. The molecule has 0 aliphatic carbocycles. The van der Waals surface area contributed by atoms with Gasteiger partial charge in [-0.2, -0.15) is 50.5 Å². The lowest BCUT2D eigenvalue weighted by Gasteiger charge is -2.17. The maximum absolute atomic E-state index is 14.1. The average Bonchev–Trinajstić information content (AvgIpc) is 0.766. The van der Waals surface area contributed by atoms with Gasteiger partial charge in [-0.15, -0.1) is 0 Å². The van der Waals surface area contributed by atoms with Crippen LogP contribution >= 0.6 is 0 Å². The highest BCUT2D eigenvalue weighted by molar-refractivity contribution is 7.93. The number of hydrogen-bond donors (Lipinski definition) is 12. The highest BCUT2D eigenvalue weighted by Gasteiger charge is 2.31. The first-order valence-electron chi connectivity index (χ1n) is 24.5. The minimum absolute atomic E-state index is 0.127. The molecule has 31 nitrogen and oxygen atoms in total. The van der Waals surface area contributed by atoms with Crippen molar-refractivity contribution in [3.05, 3.63) is 155 Å². The van der Waals surface area contributed by atoms with Crippen LogP contribution in [0.1, 0.15) is 43.0 Å². The molecular formula is C51H44N6O25S8. The second-order valence-electron chi connectivity index (χ2n) is 19.5. The molecule has 8 rings (SSSR count). The summed E-state index contributed by atoms with van der Waals surface area (Å²) in [6, 6.07) is 17.7. The zero-order valence-electron chi connectivity index (χ0n) is 45.8. The number of anilines is 6. The van der Waals surface area contributed by atoms with Crippen molar-refractivity contribution in [3.8, 4) is 0 Å². The molecule has 12 N–H and O–H groups in total. The van der Waals surface area contributed by atoms with Crippen molar-refractivity contribution in [2.45, 2.75) is 66.9 Å². The number of carbonyl (C=O) groups is 3. The summed E-state index contributed by atoms with van der Waals surface area (Å²) >= 11 is 0. The van der Waals surface area contributed by atoms with E-state index in [1.807, 2.05) is 0 Å². The smallest absolute Gasteiger partial charge is 0.321 e. The van der Waals surface area contributed by atoms with E-state index >= 15 is 0 Å². The van der Waals surface area contributed by atoms with Gasteiger partial charge in [-0.25, -0.2) is 21.6 Å². The largest absolute Gasteiger partial charge is 0.323 e. The van der Waals surface area contributed by atoms with Crippen LogP contribution in [-0.4, -0.2) is 113 Å². The summed E-state index contributed by atoms with van der Waals surface area (Å²) in [5, 5.41) is 5.98. The molecule has 8 aromatic carbocycles. The minimum Gasteiger partial charge on any atom is -0.321 e. The molecule has 0 saturated heterocycles. The van der Waals surface area contributed by atoms with Gasteiger partial charge in [0.15, 0.2) is 0 Å². The predicted octanol–water partition coefficient (Wildman–Crippen LogP) is 6.46. The maximum Gasteiger partial charge on any atom is 0.323 e. The monoisotopic (exact) mass is 1400 g/mol. The molecule has 0 aromatic heterocycles. The van der Waals surface area contributed by atoms with E-state index in [9.17, 15) is 109 Å². The quantitative estimate of drug-likeness (QED) is 0.0410. The molecule has 39 heteroatoms. The number of hydrogen-bond acceptors (Lipinski definition) is 19. The molecule has 0 saturated carbocycles. The molecular weight excluding hydrogens is 1350 g/mol. The van der Waals surface area contributed by atoms with Gasteiger partial charge < -0.3 is 21.3 Å². The van der Waals surface area contributed by atoms with Crippen LogP contribution in [0.25, 0.3) is 21.5 Å². The molecule has 0 atom stereocenters. The normalized spacial score (nSPS) is 12.7. The number of sulfonamides is 2. The minimum atomic E-state index is -5.50.